The van der Waals surface area contributed by atoms with Gasteiger partial charge in [0.1, 0.15) is 0 Å². The van der Waals surface area contributed by atoms with E-state index in [1.165, 1.54) is 0 Å². The van der Waals surface area contributed by atoms with E-state index in [9.17, 15) is 9.59 Å². The fraction of sp³-hybridized carbons (Fsp3) is 0.684. The van der Waals surface area contributed by atoms with Crippen molar-refractivity contribution in [3.8, 4) is 0 Å². The Balaban J connectivity index is 0. The van der Waals surface area contributed by atoms with Gasteiger partial charge in [0.05, 0.1) is 0 Å². The Hall–Kier alpha value is -1.66. The van der Waals surface area contributed by atoms with Gasteiger partial charge in [-0.3, -0.25) is 0 Å². The summed E-state index contributed by atoms with van der Waals surface area (Å²) in [5.74, 6) is -1.71. The van der Waals surface area contributed by atoms with Crippen LogP contribution in [-0.2, 0) is 9.59 Å². The summed E-state index contributed by atoms with van der Waals surface area (Å²) in [5, 5.41) is 17.1. The number of carbonyl (C=O) groups is 2. The highest BCUT2D eigenvalue weighted by molar-refractivity contribution is 5.86. The summed E-state index contributed by atoms with van der Waals surface area (Å²) in [7, 11) is 0. The van der Waals surface area contributed by atoms with Crippen molar-refractivity contribution in [3.63, 3.8) is 0 Å². The summed E-state index contributed by atoms with van der Waals surface area (Å²) in [5.41, 5.74) is 0.731. The van der Waals surface area contributed by atoms with Crippen molar-refractivity contribution < 1.29 is 19.8 Å². The van der Waals surface area contributed by atoms with E-state index in [-0.39, 0.29) is 0 Å². The highest BCUT2D eigenvalue weighted by atomic mass is 16.4. The first kappa shape index (κ1) is 25.6. The van der Waals surface area contributed by atoms with E-state index in [1.54, 1.807) is 13.0 Å². The highest BCUT2D eigenvalue weighted by Gasteiger charge is 2.05. The molecule has 0 saturated heterocycles. The molecule has 0 aliphatic heterocycles. The van der Waals surface area contributed by atoms with E-state index in [0.29, 0.717) is 17.6 Å². The Kier molecular flexibility index (Phi) is 16.2. The maximum absolute atomic E-state index is 10.4. The number of nitrogens with zero attached hydrogens (tertiary/aromatic N) is 2. The molecule has 0 bridgehead atoms. The topological polar surface area (TPSA) is 81.1 Å². The largest absolute Gasteiger partial charge is 0.478 e. The molecule has 0 fully saturated rings. The van der Waals surface area contributed by atoms with Crippen molar-refractivity contribution in [2.45, 2.75) is 47.5 Å². The molecule has 0 atom stereocenters. The second kappa shape index (κ2) is 15.8. The van der Waals surface area contributed by atoms with E-state index in [2.05, 4.69) is 44.1 Å². The van der Waals surface area contributed by atoms with Gasteiger partial charge in [0, 0.05) is 24.2 Å². The molecule has 0 amide bonds. The van der Waals surface area contributed by atoms with E-state index >= 15 is 0 Å². The molecule has 0 rings (SSSR count). The van der Waals surface area contributed by atoms with Gasteiger partial charge in [-0.1, -0.05) is 40.3 Å². The standard InChI is InChI=1S/C10H19NO2.C9H17NO2/c1-4-11(5-2)8-6-7-9(3)10(12)13;1-4-10(5-2)7-6-8(3)9(11)12/h7H,4-6,8H2,1-3H3,(H,12,13);3-7H2,1-2H3,(H,11,12). The van der Waals surface area contributed by atoms with Gasteiger partial charge < -0.3 is 20.0 Å². The SMILES string of the molecule is C=C(CCN(CC)CC)C(=O)O.CCN(CC)CCC=C(C)C(=O)O. The van der Waals surface area contributed by atoms with Crippen LogP contribution in [0.1, 0.15) is 47.5 Å². The Morgan fingerprint density at radius 2 is 1.32 bits per heavy atom. The number of carboxylic acids is 2. The van der Waals surface area contributed by atoms with Crippen LogP contribution < -0.4 is 0 Å². The lowest BCUT2D eigenvalue weighted by Crippen LogP contribution is -2.24. The zero-order valence-electron chi connectivity index (χ0n) is 16.5. The molecule has 0 aromatic carbocycles. The van der Waals surface area contributed by atoms with E-state index in [4.69, 9.17) is 10.2 Å². The second-order valence-corrected chi connectivity index (χ2v) is 5.69. The van der Waals surface area contributed by atoms with Gasteiger partial charge in [0.2, 0.25) is 0 Å². The van der Waals surface area contributed by atoms with Crippen LogP contribution in [0.2, 0.25) is 0 Å². The lowest BCUT2D eigenvalue weighted by Gasteiger charge is -2.17. The lowest BCUT2D eigenvalue weighted by molar-refractivity contribution is -0.133. The minimum Gasteiger partial charge on any atom is -0.478 e. The third-order valence-electron chi connectivity index (χ3n) is 4.05. The van der Waals surface area contributed by atoms with Gasteiger partial charge in [0.15, 0.2) is 0 Å². The van der Waals surface area contributed by atoms with Crippen molar-refractivity contribution in [1.29, 1.82) is 0 Å². The van der Waals surface area contributed by atoms with Crippen molar-refractivity contribution in [2.24, 2.45) is 0 Å². The molecule has 0 heterocycles. The first-order valence-corrected chi connectivity index (χ1v) is 8.99. The molecule has 0 saturated carbocycles. The number of carboxylic acid groups (broad SMARTS) is 2. The van der Waals surface area contributed by atoms with Crippen LogP contribution in [0, 0.1) is 0 Å². The maximum atomic E-state index is 10.4. The van der Waals surface area contributed by atoms with Gasteiger partial charge in [0.25, 0.3) is 0 Å². The number of hydrogen-bond acceptors (Lipinski definition) is 4. The number of aliphatic carboxylic acids is 2. The first-order chi connectivity index (χ1) is 11.7. The van der Waals surface area contributed by atoms with Crippen LogP contribution in [0.25, 0.3) is 0 Å². The van der Waals surface area contributed by atoms with Crippen LogP contribution >= 0.6 is 0 Å². The van der Waals surface area contributed by atoms with Gasteiger partial charge >= 0.3 is 11.9 Å². The summed E-state index contributed by atoms with van der Waals surface area (Å²) in [6, 6.07) is 0. The summed E-state index contributed by atoms with van der Waals surface area (Å²) < 4.78 is 0. The van der Waals surface area contributed by atoms with Gasteiger partial charge in [-0.15, -0.1) is 0 Å². The normalized spacial score (nSPS) is 11.2. The van der Waals surface area contributed by atoms with E-state index in [0.717, 1.165) is 45.7 Å². The van der Waals surface area contributed by atoms with E-state index < -0.39 is 11.9 Å². The molecule has 0 unspecified atom stereocenters. The van der Waals surface area contributed by atoms with Crippen LogP contribution in [0.5, 0.6) is 0 Å². The molecule has 2 N–H and O–H groups in total. The van der Waals surface area contributed by atoms with Gasteiger partial charge in [-0.25, -0.2) is 9.59 Å². The quantitative estimate of drug-likeness (QED) is 0.523. The van der Waals surface area contributed by atoms with Crippen molar-refractivity contribution in [3.05, 3.63) is 23.8 Å². The van der Waals surface area contributed by atoms with Gasteiger partial charge in [-0.2, -0.15) is 0 Å². The molecule has 0 aliphatic carbocycles. The molecular weight excluding hydrogens is 320 g/mol. The fourth-order valence-corrected chi connectivity index (χ4v) is 2.03. The highest BCUT2D eigenvalue weighted by Crippen LogP contribution is 2.00. The Bertz CT molecular complexity index is 425. The van der Waals surface area contributed by atoms with Crippen molar-refractivity contribution >= 4 is 11.9 Å². The maximum Gasteiger partial charge on any atom is 0.331 e. The molecule has 25 heavy (non-hydrogen) atoms. The summed E-state index contributed by atoms with van der Waals surface area (Å²) in [6.07, 6.45) is 3.15. The minimum absolute atomic E-state index is 0.293. The molecule has 146 valence electrons. The van der Waals surface area contributed by atoms with Crippen molar-refractivity contribution in [2.75, 3.05) is 39.3 Å². The third-order valence-corrected chi connectivity index (χ3v) is 4.05. The molecular formula is C19H36N2O4. The Morgan fingerprint density at radius 1 is 0.880 bits per heavy atom. The lowest BCUT2D eigenvalue weighted by atomic mass is 10.2. The monoisotopic (exact) mass is 356 g/mol. The smallest absolute Gasteiger partial charge is 0.331 e. The Labute approximate surface area is 152 Å². The molecule has 0 aromatic rings. The van der Waals surface area contributed by atoms with Crippen molar-refractivity contribution in [1.82, 2.24) is 9.80 Å². The molecule has 0 aliphatic rings. The molecule has 0 radical (unpaired) electrons. The molecule has 6 nitrogen and oxygen atoms in total. The van der Waals surface area contributed by atoms with Crippen LogP contribution in [0.15, 0.2) is 23.8 Å². The predicted molar refractivity (Wildman–Crippen MR) is 103 cm³/mol. The van der Waals surface area contributed by atoms with Crippen LogP contribution in [-0.4, -0.2) is 71.2 Å². The van der Waals surface area contributed by atoms with E-state index in [1.807, 2.05) is 0 Å². The third kappa shape index (κ3) is 14.4. The fourth-order valence-electron chi connectivity index (χ4n) is 2.03. The minimum atomic E-state index is -0.887. The Morgan fingerprint density at radius 3 is 1.68 bits per heavy atom. The predicted octanol–water partition coefficient (Wildman–Crippen LogP) is 3.11. The molecule has 0 spiro atoms. The van der Waals surface area contributed by atoms with Crippen LogP contribution in [0.4, 0.5) is 0 Å². The van der Waals surface area contributed by atoms with Gasteiger partial charge in [-0.05, 0) is 45.9 Å². The first-order valence-electron chi connectivity index (χ1n) is 8.99. The average Bonchev–Trinajstić information content (AvgIpc) is 2.59. The second-order valence-electron chi connectivity index (χ2n) is 5.69. The summed E-state index contributed by atoms with van der Waals surface area (Å²) in [6.45, 7) is 19.1. The average molecular weight is 357 g/mol. The summed E-state index contributed by atoms with van der Waals surface area (Å²) >= 11 is 0. The molecule has 6 heteroatoms. The van der Waals surface area contributed by atoms with Crippen LogP contribution in [0.3, 0.4) is 0 Å². The summed E-state index contributed by atoms with van der Waals surface area (Å²) in [4.78, 5) is 25.2. The number of hydrogen-bond donors (Lipinski definition) is 2. The molecule has 0 aromatic heterocycles. The zero-order valence-corrected chi connectivity index (χ0v) is 16.5. The number of rotatable bonds is 12. The zero-order chi connectivity index (χ0) is 19.8.